The van der Waals surface area contributed by atoms with Crippen LogP contribution in [0.25, 0.3) is 22.5 Å². The Morgan fingerprint density at radius 3 is 2.35 bits per heavy atom. The molecule has 2 aromatic carbocycles. The molecule has 34 heavy (non-hydrogen) atoms. The minimum Gasteiger partial charge on any atom is -0.305 e. The molecule has 4 rings (SSSR count). The molecule has 1 aliphatic heterocycles. The number of nitrogens with two attached hydrogens (primary N) is 1. The van der Waals surface area contributed by atoms with Gasteiger partial charge < -0.3 is 4.90 Å². The number of aromatic nitrogens is 2. The number of nitrogens with zero attached hydrogens (tertiary/aromatic N) is 4. The van der Waals surface area contributed by atoms with Crippen LogP contribution in [0.4, 0.5) is 13.2 Å². The SMILES string of the molecule is CN(C)Cc1ccc(C2=CC=NC2)cc1-c1cc(C(F)(F)F)nn1-c1ccc(S(N)(=O)=O)cc1. The molecule has 178 valence electrons. The van der Waals surface area contributed by atoms with Gasteiger partial charge in [-0.05, 0) is 73.3 Å². The van der Waals surface area contributed by atoms with E-state index in [4.69, 9.17) is 5.14 Å². The molecule has 0 radical (unpaired) electrons. The summed E-state index contributed by atoms with van der Waals surface area (Å²) >= 11 is 0. The van der Waals surface area contributed by atoms with Gasteiger partial charge in [-0.1, -0.05) is 12.1 Å². The van der Waals surface area contributed by atoms with Crippen LogP contribution in [0.15, 0.2) is 64.5 Å². The standard InChI is InChI=1S/C23H22F3N5O2S/c1-30(2)14-17-4-3-15(16-9-10-28-13-16)11-20(17)21-12-22(23(24,25)26)29-31(21)18-5-7-19(8-6-18)34(27,32)33/h3-12H,13-14H2,1-2H3,(H2,27,32,33). The summed E-state index contributed by atoms with van der Waals surface area (Å²) in [6, 6.07) is 11.9. The summed E-state index contributed by atoms with van der Waals surface area (Å²) in [7, 11) is -0.210. The number of benzene rings is 2. The summed E-state index contributed by atoms with van der Waals surface area (Å²) in [4.78, 5) is 5.96. The van der Waals surface area contributed by atoms with Gasteiger partial charge in [0, 0.05) is 18.3 Å². The minimum atomic E-state index is -4.66. The van der Waals surface area contributed by atoms with Crippen LogP contribution in [0.2, 0.25) is 0 Å². The molecule has 0 fully saturated rings. The van der Waals surface area contributed by atoms with E-state index in [0.29, 0.717) is 18.7 Å². The maximum absolute atomic E-state index is 13.7. The highest BCUT2D eigenvalue weighted by Gasteiger charge is 2.35. The molecule has 3 aromatic rings. The lowest BCUT2D eigenvalue weighted by Crippen LogP contribution is -2.13. The Balaban J connectivity index is 1.92. The van der Waals surface area contributed by atoms with Crippen LogP contribution >= 0.6 is 0 Å². The van der Waals surface area contributed by atoms with Crippen LogP contribution in [0.1, 0.15) is 16.8 Å². The number of allylic oxidation sites excluding steroid dienone is 1. The normalized spacial score (nSPS) is 14.1. The molecule has 0 amide bonds. The highest BCUT2D eigenvalue weighted by molar-refractivity contribution is 7.89. The fourth-order valence-corrected chi connectivity index (χ4v) is 4.23. The second-order valence-corrected chi connectivity index (χ2v) is 9.72. The minimum absolute atomic E-state index is 0.149. The smallest absolute Gasteiger partial charge is 0.305 e. The number of primary sulfonamides is 1. The van der Waals surface area contributed by atoms with Crippen LogP contribution in [0.5, 0.6) is 0 Å². The largest absolute Gasteiger partial charge is 0.435 e. The molecule has 1 aromatic heterocycles. The van der Waals surface area contributed by atoms with Crippen molar-refractivity contribution in [2.45, 2.75) is 17.6 Å². The van der Waals surface area contributed by atoms with Crippen LogP contribution in [0.3, 0.4) is 0 Å². The molecular weight excluding hydrogens is 467 g/mol. The van der Waals surface area contributed by atoms with Crippen molar-refractivity contribution in [2.24, 2.45) is 10.1 Å². The number of hydrogen-bond donors (Lipinski definition) is 1. The Labute approximate surface area is 195 Å². The Hall–Kier alpha value is -3.28. The number of sulfonamides is 1. The predicted molar refractivity (Wildman–Crippen MR) is 124 cm³/mol. The third kappa shape index (κ3) is 4.96. The first-order valence-corrected chi connectivity index (χ1v) is 11.8. The van der Waals surface area contributed by atoms with Crippen molar-refractivity contribution < 1.29 is 21.6 Å². The van der Waals surface area contributed by atoms with E-state index in [1.165, 1.54) is 28.9 Å². The molecule has 2 N–H and O–H groups in total. The molecule has 7 nitrogen and oxygen atoms in total. The zero-order chi connectivity index (χ0) is 24.7. The molecule has 0 unspecified atom stereocenters. The van der Waals surface area contributed by atoms with Crippen LogP contribution in [-0.4, -0.2) is 50.0 Å². The van der Waals surface area contributed by atoms with Crippen molar-refractivity contribution in [1.82, 2.24) is 14.7 Å². The molecule has 0 spiro atoms. The van der Waals surface area contributed by atoms with Gasteiger partial charge >= 0.3 is 6.18 Å². The second-order valence-electron chi connectivity index (χ2n) is 8.15. The lowest BCUT2D eigenvalue weighted by atomic mass is 9.96. The van der Waals surface area contributed by atoms with Gasteiger partial charge in [0.05, 0.1) is 22.8 Å². The first-order chi connectivity index (χ1) is 15.9. The van der Waals surface area contributed by atoms with Crippen molar-refractivity contribution in [3.63, 3.8) is 0 Å². The van der Waals surface area contributed by atoms with E-state index in [1.54, 1.807) is 6.21 Å². The predicted octanol–water partition coefficient (Wildman–Crippen LogP) is 3.73. The molecule has 0 saturated heterocycles. The third-order valence-electron chi connectivity index (χ3n) is 5.30. The average Bonchev–Trinajstić information content (AvgIpc) is 3.43. The molecule has 0 atom stereocenters. The zero-order valence-electron chi connectivity index (χ0n) is 18.4. The Morgan fingerprint density at radius 2 is 1.79 bits per heavy atom. The number of alkyl halides is 3. The summed E-state index contributed by atoms with van der Waals surface area (Å²) in [5, 5.41) is 8.98. The van der Waals surface area contributed by atoms with Gasteiger partial charge in [0.2, 0.25) is 10.0 Å². The lowest BCUT2D eigenvalue weighted by Gasteiger charge is -2.17. The maximum atomic E-state index is 13.7. The van der Waals surface area contributed by atoms with Crippen molar-refractivity contribution in [3.05, 3.63) is 71.4 Å². The van der Waals surface area contributed by atoms with Crippen molar-refractivity contribution >= 4 is 21.8 Å². The zero-order valence-corrected chi connectivity index (χ0v) is 19.2. The van der Waals surface area contributed by atoms with Gasteiger partial charge in [0.25, 0.3) is 0 Å². The highest BCUT2D eigenvalue weighted by Crippen LogP contribution is 2.36. The van der Waals surface area contributed by atoms with Gasteiger partial charge in [0.1, 0.15) is 0 Å². The first kappa shape index (κ1) is 23.9. The van der Waals surface area contributed by atoms with E-state index >= 15 is 0 Å². The Kier molecular flexibility index (Phi) is 6.19. The Morgan fingerprint density at radius 1 is 1.09 bits per heavy atom. The van der Waals surface area contributed by atoms with Crippen LogP contribution in [-0.2, 0) is 22.7 Å². The van der Waals surface area contributed by atoms with Crippen molar-refractivity contribution in [3.8, 4) is 16.9 Å². The summed E-state index contributed by atoms with van der Waals surface area (Å²) in [5.74, 6) is 0. The summed E-state index contributed by atoms with van der Waals surface area (Å²) in [5.41, 5.74) is 2.64. The maximum Gasteiger partial charge on any atom is 0.435 e. The van der Waals surface area contributed by atoms with Crippen LogP contribution < -0.4 is 5.14 Å². The molecule has 1 aliphatic rings. The lowest BCUT2D eigenvalue weighted by molar-refractivity contribution is -0.141. The molecule has 2 heterocycles. The van der Waals surface area contributed by atoms with E-state index in [-0.39, 0.29) is 16.3 Å². The summed E-state index contributed by atoms with van der Waals surface area (Å²) in [6.07, 6.45) is -1.10. The van der Waals surface area contributed by atoms with Gasteiger partial charge in [-0.3, -0.25) is 4.99 Å². The van der Waals surface area contributed by atoms with Gasteiger partial charge in [-0.2, -0.15) is 18.3 Å². The summed E-state index contributed by atoms with van der Waals surface area (Å²) < 4.78 is 65.4. The van der Waals surface area contributed by atoms with Gasteiger partial charge in [-0.15, -0.1) is 0 Å². The topological polar surface area (TPSA) is 93.6 Å². The highest BCUT2D eigenvalue weighted by atomic mass is 32.2. The van der Waals surface area contributed by atoms with E-state index in [0.717, 1.165) is 22.8 Å². The van der Waals surface area contributed by atoms with Crippen molar-refractivity contribution in [2.75, 3.05) is 20.6 Å². The van der Waals surface area contributed by atoms with E-state index in [2.05, 4.69) is 10.1 Å². The number of rotatable bonds is 6. The fourth-order valence-electron chi connectivity index (χ4n) is 3.71. The number of aliphatic imine (C=N–C) groups is 1. The monoisotopic (exact) mass is 489 g/mol. The third-order valence-corrected chi connectivity index (χ3v) is 6.22. The molecule has 0 saturated carbocycles. The number of halogens is 3. The summed E-state index contributed by atoms with van der Waals surface area (Å²) in [6.45, 7) is 0.983. The van der Waals surface area contributed by atoms with E-state index in [1.807, 2.05) is 43.3 Å². The average molecular weight is 490 g/mol. The van der Waals surface area contributed by atoms with Crippen LogP contribution in [0, 0.1) is 0 Å². The van der Waals surface area contributed by atoms with Gasteiger partial charge in [0.15, 0.2) is 5.69 Å². The number of hydrogen-bond acceptors (Lipinski definition) is 5. The fraction of sp³-hybridized carbons (Fsp3) is 0.217. The second kappa shape index (κ2) is 8.82. The quantitative estimate of drug-likeness (QED) is 0.571. The molecule has 0 bridgehead atoms. The molecular formula is C23H22F3N5O2S. The van der Waals surface area contributed by atoms with E-state index in [9.17, 15) is 21.6 Å². The van der Waals surface area contributed by atoms with E-state index < -0.39 is 21.9 Å². The van der Waals surface area contributed by atoms with Crippen molar-refractivity contribution in [1.29, 1.82) is 0 Å². The molecule has 0 aliphatic carbocycles. The first-order valence-electron chi connectivity index (χ1n) is 10.2. The van der Waals surface area contributed by atoms with Gasteiger partial charge in [-0.25, -0.2) is 18.2 Å². The molecule has 11 heteroatoms. The Bertz CT molecular complexity index is 1390.